The van der Waals surface area contributed by atoms with Crippen molar-refractivity contribution in [1.29, 1.82) is 0 Å². The lowest BCUT2D eigenvalue weighted by Crippen LogP contribution is -2.18. The molecule has 2 rings (SSSR count). The van der Waals surface area contributed by atoms with Crippen LogP contribution in [-0.2, 0) is 6.54 Å². The van der Waals surface area contributed by atoms with Crippen molar-refractivity contribution < 1.29 is 14.6 Å². The summed E-state index contributed by atoms with van der Waals surface area (Å²) in [5, 5.41) is 9.69. The minimum atomic E-state index is 0.120. The Bertz CT molecular complexity index is 386. The Balaban J connectivity index is 2.23. The van der Waals surface area contributed by atoms with E-state index in [2.05, 4.69) is 4.90 Å². The van der Waals surface area contributed by atoms with E-state index in [1.165, 1.54) is 12.8 Å². The van der Waals surface area contributed by atoms with Crippen molar-refractivity contribution in [2.24, 2.45) is 0 Å². The van der Waals surface area contributed by atoms with Crippen molar-refractivity contribution >= 4 is 0 Å². The maximum atomic E-state index is 9.69. The molecule has 0 amide bonds. The normalized spacial score (nSPS) is 16.1. The van der Waals surface area contributed by atoms with E-state index in [1.807, 2.05) is 6.07 Å². The molecule has 1 aliphatic heterocycles. The number of hydrogen-bond acceptors (Lipinski definition) is 4. The Kier molecular flexibility index (Phi) is 3.74. The first-order chi connectivity index (χ1) is 8.24. The van der Waals surface area contributed by atoms with E-state index in [0.717, 1.165) is 30.9 Å². The van der Waals surface area contributed by atoms with Gasteiger partial charge in [0.05, 0.1) is 14.2 Å². The van der Waals surface area contributed by atoms with E-state index in [9.17, 15) is 5.11 Å². The number of rotatable bonds is 4. The number of hydrogen-bond donors (Lipinski definition) is 1. The Labute approximate surface area is 102 Å². The van der Waals surface area contributed by atoms with Gasteiger partial charge in [-0.3, -0.25) is 4.90 Å². The summed E-state index contributed by atoms with van der Waals surface area (Å²) in [6.45, 7) is 3.11. The Morgan fingerprint density at radius 3 is 2.35 bits per heavy atom. The fourth-order valence-corrected chi connectivity index (χ4v) is 2.25. The summed E-state index contributed by atoms with van der Waals surface area (Å²) in [5.41, 5.74) is 1.06. The molecule has 0 atom stereocenters. The van der Waals surface area contributed by atoms with Crippen LogP contribution < -0.4 is 9.47 Å². The zero-order chi connectivity index (χ0) is 12.3. The summed E-state index contributed by atoms with van der Waals surface area (Å²) < 4.78 is 10.4. The first-order valence-corrected chi connectivity index (χ1v) is 5.91. The number of aromatic hydroxyl groups is 1. The fraction of sp³-hybridized carbons (Fsp3) is 0.538. The summed E-state index contributed by atoms with van der Waals surface area (Å²) in [6.07, 6.45) is 2.52. The largest absolute Gasteiger partial charge is 0.504 e. The van der Waals surface area contributed by atoms with Gasteiger partial charge in [0.15, 0.2) is 11.5 Å². The van der Waals surface area contributed by atoms with Gasteiger partial charge >= 0.3 is 0 Å². The van der Waals surface area contributed by atoms with Crippen molar-refractivity contribution in [2.45, 2.75) is 19.4 Å². The van der Waals surface area contributed by atoms with Gasteiger partial charge in [-0.1, -0.05) is 0 Å². The van der Waals surface area contributed by atoms with Crippen LogP contribution in [0.2, 0.25) is 0 Å². The molecule has 0 saturated carbocycles. The minimum absolute atomic E-state index is 0.120. The van der Waals surface area contributed by atoms with Gasteiger partial charge in [0.25, 0.3) is 0 Å². The van der Waals surface area contributed by atoms with Crippen molar-refractivity contribution in [3.63, 3.8) is 0 Å². The molecule has 4 heteroatoms. The summed E-state index contributed by atoms with van der Waals surface area (Å²) in [5.74, 6) is 1.34. The molecule has 1 aromatic carbocycles. The number of benzene rings is 1. The molecule has 1 heterocycles. The van der Waals surface area contributed by atoms with Crippen molar-refractivity contribution in [1.82, 2.24) is 4.90 Å². The van der Waals surface area contributed by atoms with Crippen LogP contribution in [0.25, 0.3) is 0 Å². The molecule has 0 aromatic heterocycles. The molecule has 94 valence electrons. The van der Waals surface area contributed by atoms with Crippen LogP contribution in [0.5, 0.6) is 17.2 Å². The molecule has 0 bridgehead atoms. The molecule has 0 radical (unpaired) electrons. The molecule has 17 heavy (non-hydrogen) atoms. The molecule has 1 fully saturated rings. The second-order valence-corrected chi connectivity index (χ2v) is 4.32. The zero-order valence-electron chi connectivity index (χ0n) is 10.4. The molecule has 4 nitrogen and oxygen atoms in total. The molecule has 1 aliphatic rings. The van der Waals surface area contributed by atoms with Gasteiger partial charge < -0.3 is 14.6 Å². The number of nitrogens with zero attached hydrogens (tertiary/aromatic N) is 1. The van der Waals surface area contributed by atoms with Crippen molar-refractivity contribution in [2.75, 3.05) is 27.3 Å². The predicted octanol–water partition coefficient (Wildman–Crippen LogP) is 2.01. The maximum Gasteiger partial charge on any atom is 0.161 e. The third-order valence-electron chi connectivity index (χ3n) is 3.17. The summed E-state index contributed by atoms with van der Waals surface area (Å²) >= 11 is 0. The SMILES string of the molecule is COc1cc(CN2CCCC2)c(OC)cc1O. The first-order valence-electron chi connectivity index (χ1n) is 5.91. The lowest BCUT2D eigenvalue weighted by atomic mass is 10.1. The Hall–Kier alpha value is -1.42. The third-order valence-corrected chi connectivity index (χ3v) is 3.17. The average molecular weight is 237 g/mol. The lowest BCUT2D eigenvalue weighted by Gasteiger charge is -2.18. The molecular weight excluding hydrogens is 218 g/mol. The Morgan fingerprint density at radius 2 is 1.76 bits per heavy atom. The predicted molar refractivity (Wildman–Crippen MR) is 65.7 cm³/mol. The molecule has 0 unspecified atom stereocenters. The number of methoxy groups -OCH3 is 2. The highest BCUT2D eigenvalue weighted by Crippen LogP contribution is 2.34. The maximum absolute atomic E-state index is 9.69. The minimum Gasteiger partial charge on any atom is -0.504 e. The molecular formula is C13H19NO3. The quantitative estimate of drug-likeness (QED) is 0.869. The van der Waals surface area contributed by atoms with Gasteiger partial charge in [0, 0.05) is 18.2 Å². The van der Waals surface area contributed by atoms with Gasteiger partial charge in [-0.05, 0) is 32.0 Å². The second-order valence-electron chi connectivity index (χ2n) is 4.32. The number of phenols is 1. The molecule has 1 N–H and O–H groups in total. The Morgan fingerprint density at radius 1 is 1.12 bits per heavy atom. The van der Waals surface area contributed by atoms with E-state index >= 15 is 0 Å². The van der Waals surface area contributed by atoms with Gasteiger partial charge in [-0.2, -0.15) is 0 Å². The van der Waals surface area contributed by atoms with Gasteiger partial charge in [-0.15, -0.1) is 0 Å². The lowest BCUT2D eigenvalue weighted by molar-refractivity contribution is 0.316. The summed E-state index contributed by atoms with van der Waals surface area (Å²) in [7, 11) is 3.18. The average Bonchev–Trinajstić information content (AvgIpc) is 2.83. The summed E-state index contributed by atoms with van der Waals surface area (Å²) in [4.78, 5) is 2.38. The smallest absolute Gasteiger partial charge is 0.161 e. The van der Waals surface area contributed by atoms with Crippen molar-refractivity contribution in [3.05, 3.63) is 17.7 Å². The number of likely N-dealkylation sites (tertiary alicyclic amines) is 1. The van der Waals surface area contributed by atoms with Gasteiger partial charge in [-0.25, -0.2) is 0 Å². The van der Waals surface area contributed by atoms with Crippen LogP contribution in [0.4, 0.5) is 0 Å². The van der Waals surface area contributed by atoms with E-state index in [0.29, 0.717) is 5.75 Å². The molecule has 0 spiro atoms. The van der Waals surface area contributed by atoms with E-state index in [-0.39, 0.29) is 5.75 Å². The fourth-order valence-electron chi connectivity index (χ4n) is 2.25. The highest BCUT2D eigenvalue weighted by atomic mass is 16.5. The molecule has 1 saturated heterocycles. The molecule has 1 aromatic rings. The second kappa shape index (κ2) is 5.27. The summed E-state index contributed by atoms with van der Waals surface area (Å²) in [6, 6.07) is 3.47. The molecule has 0 aliphatic carbocycles. The number of phenolic OH excluding ortho intramolecular Hbond substituents is 1. The highest BCUT2D eigenvalue weighted by molar-refractivity contribution is 5.49. The topological polar surface area (TPSA) is 41.9 Å². The van der Waals surface area contributed by atoms with Gasteiger partial charge in [0.2, 0.25) is 0 Å². The van der Waals surface area contributed by atoms with Crippen LogP contribution in [0, 0.1) is 0 Å². The van der Waals surface area contributed by atoms with Crippen LogP contribution in [-0.4, -0.2) is 37.3 Å². The third kappa shape index (κ3) is 2.64. The first kappa shape index (κ1) is 12.0. The van der Waals surface area contributed by atoms with Crippen molar-refractivity contribution in [3.8, 4) is 17.2 Å². The zero-order valence-corrected chi connectivity index (χ0v) is 10.4. The number of ether oxygens (including phenoxy) is 2. The monoisotopic (exact) mass is 237 g/mol. The van der Waals surface area contributed by atoms with E-state index < -0.39 is 0 Å². The van der Waals surface area contributed by atoms with Crippen LogP contribution in [0.3, 0.4) is 0 Å². The standard InChI is InChI=1S/C13H19NO3/c1-16-12-8-11(15)13(17-2)7-10(12)9-14-5-3-4-6-14/h7-8,15H,3-6,9H2,1-2H3. The highest BCUT2D eigenvalue weighted by Gasteiger charge is 2.16. The van der Waals surface area contributed by atoms with Crippen LogP contribution in [0.1, 0.15) is 18.4 Å². The van der Waals surface area contributed by atoms with E-state index in [1.54, 1.807) is 20.3 Å². The van der Waals surface area contributed by atoms with Crippen LogP contribution >= 0.6 is 0 Å². The van der Waals surface area contributed by atoms with Gasteiger partial charge in [0.1, 0.15) is 5.75 Å². The van der Waals surface area contributed by atoms with E-state index in [4.69, 9.17) is 9.47 Å². The van der Waals surface area contributed by atoms with Crippen LogP contribution in [0.15, 0.2) is 12.1 Å².